The third kappa shape index (κ3) is 5.76. The number of hydrogen-bond donors (Lipinski definition) is 0. The van der Waals surface area contributed by atoms with Crippen molar-refractivity contribution in [2.45, 2.75) is 32.7 Å². The normalized spacial score (nSPS) is 15.0. The Morgan fingerprint density at radius 1 is 1.27 bits per heavy atom. The number of ether oxygens (including phenoxy) is 3. The fourth-order valence-electron chi connectivity index (χ4n) is 2.28. The van der Waals surface area contributed by atoms with Crippen molar-refractivity contribution in [3.63, 3.8) is 0 Å². The number of halogens is 3. The molecule has 0 N–H and O–H groups in total. The van der Waals surface area contributed by atoms with Gasteiger partial charge >= 0.3 is 12.5 Å². The molecule has 0 bridgehead atoms. The Hall–Kier alpha value is -2.56. The van der Waals surface area contributed by atoms with Crippen LogP contribution in [0.2, 0.25) is 0 Å². The summed E-state index contributed by atoms with van der Waals surface area (Å²) in [6.07, 6.45) is -0.0791. The van der Waals surface area contributed by atoms with E-state index in [1.807, 2.05) is 0 Å². The molecular weight excluding hydrogens is 351 g/mol. The molecule has 1 fully saturated rings. The minimum atomic E-state index is -4.85. The van der Waals surface area contributed by atoms with E-state index < -0.39 is 23.8 Å². The van der Waals surface area contributed by atoms with Crippen LogP contribution in [0, 0.1) is 18.3 Å². The van der Waals surface area contributed by atoms with Gasteiger partial charge in [-0.2, -0.15) is 0 Å². The van der Waals surface area contributed by atoms with Gasteiger partial charge in [0.2, 0.25) is 0 Å². The largest absolute Gasteiger partial charge is 0.573 e. The maximum absolute atomic E-state index is 12.5. The minimum Gasteiger partial charge on any atom is -0.489 e. The number of terminal acetylenes is 1. The zero-order chi connectivity index (χ0) is 19.5. The van der Waals surface area contributed by atoms with Crippen molar-refractivity contribution in [2.24, 2.45) is 5.92 Å². The summed E-state index contributed by atoms with van der Waals surface area (Å²) in [5, 5.41) is 0. The molecule has 1 amide bonds. The first kappa shape index (κ1) is 19.8. The Bertz CT molecular complexity index is 698. The van der Waals surface area contributed by atoms with E-state index in [4.69, 9.17) is 15.9 Å². The van der Waals surface area contributed by atoms with Crippen LogP contribution in [-0.4, -0.2) is 42.7 Å². The molecule has 142 valence electrons. The third-order valence-corrected chi connectivity index (χ3v) is 3.42. The van der Waals surface area contributed by atoms with E-state index in [-0.39, 0.29) is 23.8 Å². The smallest absolute Gasteiger partial charge is 0.489 e. The molecule has 1 aromatic rings. The number of amides is 1. The number of likely N-dealkylation sites (tertiary alicyclic amines) is 1. The van der Waals surface area contributed by atoms with Gasteiger partial charge in [0, 0.05) is 30.6 Å². The van der Waals surface area contributed by atoms with Crippen molar-refractivity contribution in [1.29, 1.82) is 0 Å². The van der Waals surface area contributed by atoms with E-state index in [0.29, 0.717) is 13.1 Å². The highest BCUT2D eigenvalue weighted by molar-refractivity contribution is 5.69. The number of benzene rings is 1. The number of carbonyl (C=O) groups is 1. The van der Waals surface area contributed by atoms with E-state index in [2.05, 4.69) is 10.7 Å². The molecular formula is C18H20F3NO4. The Labute approximate surface area is 150 Å². The van der Waals surface area contributed by atoms with Crippen LogP contribution in [0.3, 0.4) is 0 Å². The lowest BCUT2D eigenvalue weighted by Gasteiger charge is -2.39. The lowest BCUT2D eigenvalue weighted by molar-refractivity contribution is -0.275. The summed E-state index contributed by atoms with van der Waals surface area (Å²) >= 11 is 0. The van der Waals surface area contributed by atoms with Crippen LogP contribution in [0.1, 0.15) is 26.3 Å². The summed E-state index contributed by atoms with van der Waals surface area (Å²) in [4.78, 5) is 13.3. The summed E-state index contributed by atoms with van der Waals surface area (Å²) in [6, 6.07) is 3.89. The van der Waals surface area contributed by atoms with Gasteiger partial charge in [-0.3, -0.25) is 0 Å². The first-order valence-corrected chi connectivity index (χ1v) is 7.94. The minimum absolute atomic E-state index is 0.00596. The Morgan fingerprint density at radius 3 is 2.46 bits per heavy atom. The molecule has 26 heavy (non-hydrogen) atoms. The van der Waals surface area contributed by atoms with Crippen LogP contribution in [-0.2, 0) is 4.74 Å². The predicted octanol–water partition coefficient (Wildman–Crippen LogP) is 3.81. The van der Waals surface area contributed by atoms with Crippen LogP contribution >= 0.6 is 0 Å². The van der Waals surface area contributed by atoms with E-state index in [9.17, 15) is 18.0 Å². The summed E-state index contributed by atoms with van der Waals surface area (Å²) in [5.74, 6) is 1.69. The Kier molecular flexibility index (Phi) is 5.59. The molecule has 5 nitrogen and oxygen atoms in total. The van der Waals surface area contributed by atoms with Crippen molar-refractivity contribution >= 4 is 6.09 Å². The topological polar surface area (TPSA) is 48.0 Å². The third-order valence-electron chi connectivity index (χ3n) is 3.42. The highest BCUT2D eigenvalue weighted by atomic mass is 19.4. The highest BCUT2D eigenvalue weighted by Crippen LogP contribution is 2.34. The standard InChI is InChI=1S/C18H20F3NO4/c1-5-12-6-7-14(15(8-12)25-18(19,20)21)24-11-13-9-22(10-13)16(23)26-17(2,3)4/h1,6-8,13H,9-11H2,2-4H3. The second kappa shape index (κ2) is 7.36. The quantitative estimate of drug-likeness (QED) is 0.755. The van der Waals surface area contributed by atoms with Crippen LogP contribution in [0.5, 0.6) is 11.5 Å². The van der Waals surface area contributed by atoms with Crippen LogP contribution < -0.4 is 9.47 Å². The summed E-state index contributed by atoms with van der Waals surface area (Å²) in [7, 11) is 0. The van der Waals surface area contributed by atoms with Gasteiger partial charge in [0.15, 0.2) is 11.5 Å². The lowest BCUT2D eigenvalue weighted by atomic mass is 10.0. The van der Waals surface area contributed by atoms with E-state index in [0.717, 1.165) is 6.07 Å². The van der Waals surface area contributed by atoms with Crippen molar-refractivity contribution in [3.8, 4) is 23.8 Å². The van der Waals surface area contributed by atoms with Gasteiger partial charge in [-0.15, -0.1) is 19.6 Å². The molecule has 0 atom stereocenters. The van der Waals surface area contributed by atoms with Gasteiger partial charge in [0.1, 0.15) is 5.60 Å². The molecule has 1 aromatic carbocycles. The molecule has 8 heteroatoms. The molecule has 1 saturated heterocycles. The fraction of sp³-hybridized carbons (Fsp3) is 0.500. The monoisotopic (exact) mass is 371 g/mol. The molecule has 0 radical (unpaired) electrons. The fourth-order valence-corrected chi connectivity index (χ4v) is 2.28. The van der Waals surface area contributed by atoms with E-state index in [1.54, 1.807) is 20.8 Å². The number of rotatable bonds is 4. The van der Waals surface area contributed by atoms with Gasteiger partial charge in [-0.25, -0.2) is 4.79 Å². The van der Waals surface area contributed by atoms with Crippen LogP contribution in [0.4, 0.5) is 18.0 Å². The van der Waals surface area contributed by atoms with Gasteiger partial charge in [0.05, 0.1) is 6.61 Å². The Balaban J connectivity index is 1.91. The maximum Gasteiger partial charge on any atom is 0.573 e. The molecule has 1 aliphatic rings. The van der Waals surface area contributed by atoms with E-state index in [1.165, 1.54) is 17.0 Å². The number of alkyl halides is 3. The highest BCUT2D eigenvalue weighted by Gasteiger charge is 2.35. The first-order chi connectivity index (χ1) is 12.0. The summed E-state index contributed by atoms with van der Waals surface area (Å²) in [5.41, 5.74) is -0.335. The lowest BCUT2D eigenvalue weighted by Crippen LogP contribution is -2.53. The van der Waals surface area contributed by atoms with Crippen molar-refractivity contribution in [2.75, 3.05) is 19.7 Å². The predicted molar refractivity (Wildman–Crippen MR) is 87.9 cm³/mol. The van der Waals surface area contributed by atoms with Crippen molar-refractivity contribution in [1.82, 2.24) is 4.90 Å². The van der Waals surface area contributed by atoms with Crippen molar-refractivity contribution < 1.29 is 32.2 Å². The van der Waals surface area contributed by atoms with Crippen molar-refractivity contribution in [3.05, 3.63) is 23.8 Å². The summed E-state index contributed by atoms with van der Waals surface area (Å²) in [6.45, 7) is 6.27. The molecule has 0 saturated carbocycles. The molecule has 1 heterocycles. The number of hydrogen-bond acceptors (Lipinski definition) is 4. The molecule has 0 spiro atoms. The van der Waals surface area contributed by atoms with Gasteiger partial charge in [-0.1, -0.05) is 5.92 Å². The van der Waals surface area contributed by atoms with Crippen LogP contribution in [0.15, 0.2) is 18.2 Å². The molecule has 2 rings (SSSR count). The number of carbonyl (C=O) groups excluding carboxylic acids is 1. The maximum atomic E-state index is 12.5. The first-order valence-electron chi connectivity index (χ1n) is 7.94. The second-order valence-electron chi connectivity index (χ2n) is 6.92. The van der Waals surface area contributed by atoms with E-state index >= 15 is 0 Å². The van der Waals surface area contributed by atoms with Crippen LogP contribution in [0.25, 0.3) is 0 Å². The van der Waals surface area contributed by atoms with Gasteiger partial charge < -0.3 is 19.1 Å². The second-order valence-corrected chi connectivity index (χ2v) is 6.92. The molecule has 0 aliphatic carbocycles. The van der Waals surface area contributed by atoms with Gasteiger partial charge in [-0.05, 0) is 32.9 Å². The summed E-state index contributed by atoms with van der Waals surface area (Å²) < 4.78 is 52.2. The zero-order valence-corrected chi connectivity index (χ0v) is 14.7. The Morgan fingerprint density at radius 2 is 1.92 bits per heavy atom. The molecule has 0 unspecified atom stereocenters. The average Bonchev–Trinajstić information content (AvgIpc) is 2.43. The van der Waals surface area contributed by atoms with Gasteiger partial charge in [0.25, 0.3) is 0 Å². The number of nitrogens with zero attached hydrogens (tertiary/aromatic N) is 1. The SMILES string of the molecule is C#Cc1ccc(OCC2CN(C(=O)OC(C)(C)C)C2)c(OC(F)(F)F)c1. The average molecular weight is 371 g/mol. The molecule has 0 aromatic heterocycles. The molecule has 1 aliphatic heterocycles. The zero-order valence-electron chi connectivity index (χ0n) is 14.7.